The van der Waals surface area contributed by atoms with Crippen LogP contribution in [0.15, 0.2) is 27.7 Å². The largest absolute Gasteiger partial charge is 0.370 e. The summed E-state index contributed by atoms with van der Waals surface area (Å²) in [5.41, 5.74) is 10.7. The zero-order chi connectivity index (χ0) is 9.84. The van der Waals surface area contributed by atoms with Crippen molar-refractivity contribution in [1.82, 2.24) is 0 Å². The van der Waals surface area contributed by atoms with E-state index in [-0.39, 0.29) is 18.3 Å². The number of rotatable bonds is 2. The van der Waals surface area contributed by atoms with Gasteiger partial charge in [-0.05, 0) is 22.0 Å². The smallest absolute Gasteiger partial charge is 0.186 e. The third kappa shape index (κ3) is 2.69. The third-order valence-electron chi connectivity index (χ3n) is 1.46. The Morgan fingerprint density at radius 3 is 2.77 bits per heavy atom. The molecule has 13 heavy (non-hydrogen) atoms. The lowest BCUT2D eigenvalue weighted by atomic mass is 10.2. The van der Waals surface area contributed by atoms with Crippen LogP contribution in [0, 0.1) is 5.82 Å². The number of nitrogens with zero attached hydrogens (tertiary/aromatic N) is 1. The van der Waals surface area contributed by atoms with E-state index in [0.29, 0.717) is 10.0 Å². The highest BCUT2D eigenvalue weighted by Crippen LogP contribution is 2.18. The van der Waals surface area contributed by atoms with Crippen molar-refractivity contribution < 1.29 is 4.39 Å². The SMILES string of the molecule is NC(N)=NCc1cccc(Br)c1F. The Morgan fingerprint density at radius 1 is 1.46 bits per heavy atom. The number of benzene rings is 1. The number of hydrogen-bond donors (Lipinski definition) is 2. The second-order valence-electron chi connectivity index (χ2n) is 2.45. The van der Waals surface area contributed by atoms with Gasteiger partial charge < -0.3 is 11.5 Å². The highest BCUT2D eigenvalue weighted by Gasteiger charge is 2.04. The van der Waals surface area contributed by atoms with E-state index in [0.717, 1.165) is 0 Å². The molecular formula is C8H9BrFN3. The Hall–Kier alpha value is -1.10. The van der Waals surface area contributed by atoms with Gasteiger partial charge in [-0.15, -0.1) is 0 Å². The minimum absolute atomic E-state index is 0.0422. The molecule has 0 heterocycles. The third-order valence-corrected chi connectivity index (χ3v) is 2.08. The first kappa shape index (κ1) is 9.98. The highest BCUT2D eigenvalue weighted by molar-refractivity contribution is 9.10. The summed E-state index contributed by atoms with van der Waals surface area (Å²) in [5, 5.41) is 0. The van der Waals surface area contributed by atoms with Crippen LogP contribution in [-0.2, 0) is 6.54 Å². The fourth-order valence-electron chi connectivity index (χ4n) is 0.847. The van der Waals surface area contributed by atoms with Crippen LogP contribution in [0.4, 0.5) is 4.39 Å². The molecular weight excluding hydrogens is 237 g/mol. The van der Waals surface area contributed by atoms with Gasteiger partial charge in [-0.3, -0.25) is 0 Å². The number of guanidine groups is 1. The van der Waals surface area contributed by atoms with Gasteiger partial charge in [0.15, 0.2) is 5.96 Å². The van der Waals surface area contributed by atoms with Crippen LogP contribution >= 0.6 is 15.9 Å². The predicted molar refractivity (Wildman–Crippen MR) is 53.6 cm³/mol. The number of nitrogens with two attached hydrogens (primary N) is 2. The van der Waals surface area contributed by atoms with Crippen molar-refractivity contribution in [3.05, 3.63) is 34.1 Å². The van der Waals surface area contributed by atoms with Crippen LogP contribution < -0.4 is 11.5 Å². The van der Waals surface area contributed by atoms with Gasteiger partial charge in [-0.1, -0.05) is 12.1 Å². The van der Waals surface area contributed by atoms with Crippen LogP contribution in [0.1, 0.15) is 5.56 Å². The Balaban J connectivity index is 2.89. The molecule has 0 aliphatic carbocycles. The number of aliphatic imine (C=N–C) groups is 1. The maximum atomic E-state index is 13.3. The molecule has 3 nitrogen and oxygen atoms in total. The van der Waals surface area contributed by atoms with Gasteiger partial charge in [0.25, 0.3) is 0 Å². The molecule has 0 saturated heterocycles. The maximum absolute atomic E-state index is 13.3. The molecule has 0 saturated carbocycles. The first-order valence-electron chi connectivity index (χ1n) is 3.59. The van der Waals surface area contributed by atoms with Crippen LogP contribution in [-0.4, -0.2) is 5.96 Å². The van der Waals surface area contributed by atoms with Crippen molar-refractivity contribution in [2.45, 2.75) is 6.54 Å². The van der Waals surface area contributed by atoms with Gasteiger partial charge in [0.05, 0.1) is 11.0 Å². The molecule has 70 valence electrons. The summed E-state index contributed by atoms with van der Waals surface area (Å²) in [6.45, 7) is 0.160. The van der Waals surface area contributed by atoms with Gasteiger partial charge in [0, 0.05) is 5.56 Å². The molecule has 0 unspecified atom stereocenters. The van der Waals surface area contributed by atoms with Crippen molar-refractivity contribution in [2.24, 2.45) is 16.5 Å². The van der Waals surface area contributed by atoms with E-state index in [1.807, 2.05) is 0 Å². The normalized spacial score (nSPS) is 9.69. The lowest BCUT2D eigenvalue weighted by molar-refractivity contribution is 0.604. The molecule has 0 spiro atoms. The van der Waals surface area contributed by atoms with Crippen LogP contribution in [0.2, 0.25) is 0 Å². The fraction of sp³-hybridized carbons (Fsp3) is 0.125. The first-order valence-corrected chi connectivity index (χ1v) is 4.39. The average Bonchev–Trinajstić information content (AvgIpc) is 2.07. The Kier molecular flexibility index (Phi) is 3.25. The van der Waals surface area contributed by atoms with Crippen LogP contribution in [0.25, 0.3) is 0 Å². The zero-order valence-corrected chi connectivity index (χ0v) is 8.38. The van der Waals surface area contributed by atoms with E-state index < -0.39 is 0 Å². The summed E-state index contributed by atoms with van der Waals surface area (Å²) in [6.07, 6.45) is 0. The van der Waals surface area contributed by atoms with Gasteiger partial charge in [-0.25, -0.2) is 9.38 Å². The Bertz CT molecular complexity index is 334. The van der Waals surface area contributed by atoms with Crippen LogP contribution in [0.3, 0.4) is 0 Å². The molecule has 5 heteroatoms. The molecule has 0 atom stereocenters. The quantitative estimate of drug-likeness (QED) is 0.611. The van der Waals surface area contributed by atoms with Crippen LogP contribution in [0.5, 0.6) is 0 Å². The molecule has 1 rings (SSSR count). The molecule has 0 amide bonds. The predicted octanol–water partition coefficient (Wildman–Crippen LogP) is 1.36. The molecule has 0 fully saturated rings. The molecule has 0 aliphatic rings. The molecule has 0 aromatic heterocycles. The van der Waals surface area contributed by atoms with Crippen molar-refractivity contribution in [3.8, 4) is 0 Å². The van der Waals surface area contributed by atoms with Crippen molar-refractivity contribution in [2.75, 3.05) is 0 Å². The summed E-state index contributed by atoms with van der Waals surface area (Å²) in [4.78, 5) is 3.71. The van der Waals surface area contributed by atoms with E-state index in [9.17, 15) is 4.39 Å². The Morgan fingerprint density at radius 2 is 2.15 bits per heavy atom. The van der Waals surface area contributed by atoms with E-state index in [2.05, 4.69) is 20.9 Å². The fourth-order valence-corrected chi connectivity index (χ4v) is 1.25. The average molecular weight is 246 g/mol. The molecule has 0 radical (unpaired) electrons. The monoisotopic (exact) mass is 245 g/mol. The summed E-state index contributed by atoms with van der Waals surface area (Å²) < 4.78 is 13.7. The van der Waals surface area contributed by atoms with E-state index in [1.54, 1.807) is 18.2 Å². The summed E-state index contributed by atoms with van der Waals surface area (Å²) in [5.74, 6) is -0.369. The summed E-state index contributed by atoms with van der Waals surface area (Å²) in [6, 6.07) is 4.98. The van der Waals surface area contributed by atoms with Gasteiger partial charge in [0.2, 0.25) is 0 Å². The zero-order valence-electron chi connectivity index (χ0n) is 6.80. The number of hydrogen-bond acceptors (Lipinski definition) is 1. The van der Waals surface area contributed by atoms with E-state index >= 15 is 0 Å². The highest BCUT2D eigenvalue weighted by atomic mass is 79.9. The van der Waals surface area contributed by atoms with Crippen molar-refractivity contribution >= 4 is 21.9 Å². The van der Waals surface area contributed by atoms with Gasteiger partial charge in [0.1, 0.15) is 5.82 Å². The maximum Gasteiger partial charge on any atom is 0.186 e. The van der Waals surface area contributed by atoms with E-state index in [4.69, 9.17) is 11.5 Å². The van der Waals surface area contributed by atoms with Crippen molar-refractivity contribution in [3.63, 3.8) is 0 Å². The molecule has 1 aromatic carbocycles. The minimum Gasteiger partial charge on any atom is -0.370 e. The summed E-state index contributed by atoms with van der Waals surface area (Å²) >= 11 is 3.07. The Labute approximate surface area is 83.8 Å². The molecule has 1 aromatic rings. The van der Waals surface area contributed by atoms with E-state index in [1.165, 1.54) is 0 Å². The minimum atomic E-state index is -0.326. The summed E-state index contributed by atoms with van der Waals surface area (Å²) in [7, 11) is 0. The standard InChI is InChI=1S/C8H9BrFN3/c9-6-3-1-2-5(7(6)10)4-13-8(11)12/h1-3H,4H2,(H4,11,12,13). The van der Waals surface area contributed by atoms with Gasteiger partial charge >= 0.3 is 0 Å². The number of halogens is 2. The lowest BCUT2D eigenvalue weighted by Crippen LogP contribution is -2.22. The molecule has 0 bridgehead atoms. The lowest BCUT2D eigenvalue weighted by Gasteiger charge is -2.00. The topological polar surface area (TPSA) is 64.4 Å². The molecule has 0 aliphatic heterocycles. The second kappa shape index (κ2) is 4.23. The van der Waals surface area contributed by atoms with Crippen molar-refractivity contribution in [1.29, 1.82) is 0 Å². The van der Waals surface area contributed by atoms with Gasteiger partial charge in [-0.2, -0.15) is 0 Å². The molecule has 4 N–H and O–H groups in total. The first-order chi connectivity index (χ1) is 6.11. The second-order valence-corrected chi connectivity index (χ2v) is 3.31.